The first-order chi connectivity index (χ1) is 7.66. The minimum Gasteiger partial charge on any atom is -0.392 e. The van der Waals surface area contributed by atoms with E-state index in [0.717, 1.165) is 23.1 Å². The first-order valence-electron chi connectivity index (χ1n) is 5.40. The van der Waals surface area contributed by atoms with Crippen LogP contribution in [0.1, 0.15) is 18.4 Å². The molecule has 0 aliphatic carbocycles. The van der Waals surface area contributed by atoms with Crippen molar-refractivity contribution in [2.75, 3.05) is 5.75 Å². The highest BCUT2D eigenvalue weighted by Crippen LogP contribution is 2.30. The standard InChI is InChI=1S/C12H14BrFOS/c13-9-4-3-8(10(14)7-9)6-11(15)12-2-1-5-16-12/h3-4,7,11-12,15H,1-2,5-6H2. The lowest BCUT2D eigenvalue weighted by molar-refractivity contribution is 0.169. The second-order valence-corrected chi connectivity index (χ2v) is 6.32. The van der Waals surface area contributed by atoms with Crippen LogP contribution in [0.4, 0.5) is 4.39 Å². The Balaban J connectivity index is 2.02. The zero-order chi connectivity index (χ0) is 11.5. The summed E-state index contributed by atoms with van der Waals surface area (Å²) in [6.07, 6.45) is 2.19. The molecule has 2 unspecified atom stereocenters. The van der Waals surface area contributed by atoms with E-state index >= 15 is 0 Å². The van der Waals surface area contributed by atoms with Gasteiger partial charge in [0.2, 0.25) is 0 Å². The van der Waals surface area contributed by atoms with Crippen LogP contribution >= 0.6 is 27.7 Å². The molecule has 0 radical (unpaired) electrons. The van der Waals surface area contributed by atoms with Crippen LogP contribution in [0.25, 0.3) is 0 Å². The van der Waals surface area contributed by atoms with Gasteiger partial charge >= 0.3 is 0 Å². The number of thioether (sulfide) groups is 1. The van der Waals surface area contributed by atoms with Gasteiger partial charge in [-0.2, -0.15) is 11.8 Å². The maximum atomic E-state index is 13.5. The first kappa shape index (κ1) is 12.4. The van der Waals surface area contributed by atoms with Crippen LogP contribution in [-0.2, 0) is 6.42 Å². The number of benzene rings is 1. The summed E-state index contributed by atoms with van der Waals surface area (Å²) in [6.45, 7) is 0. The van der Waals surface area contributed by atoms with Crippen LogP contribution in [0.5, 0.6) is 0 Å². The van der Waals surface area contributed by atoms with Crippen molar-refractivity contribution < 1.29 is 9.50 Å². The normalized spacial score (nSPS) is 22.3. The Hall–Kier alpha value is -0.0600. The predicted octanol–water partition coefficient (Wildman–Crippen LogP) is 3.39. The highest BCUT2D eigenvalue weighted by molar-refractivity contribution is 9.10. The molecular weight excluding hydrogens is 291 g/mol. The third-order valence-corrected chi connectivity index (χ3v) is 4.83. The number of rotatable bonds is 3. The van der Waals surface area contributed by atoms with Crippen molar-refractivity contribution in [2.24, 2.45) is 0 Å². The van der Waals surface area contributed by atoms with Crippen molar-refractivity contribution in [3.05, 3.63) is 34.1 Å². The molecule has 16 heavy (non-hydrogen) atoms. The van der Waals surface area contributed by atoms with Crippen LogP contribution in [0.3, 0.4) is 0 Å². The van der Waals surface area contributed by atoms with E-state index in [2.05, 4.69) is 15.9 Å². The molecule has 1 aliphatic heterocycles. The molecule has 0 spiro atoms. The summed E-state index contributed by atoms with van der Waals surface area (Å²) >= 11 is 5.02. The lowest BCUT2D eigenvalue weighted by Crippen LogP contribution is -2.23. The van der Waals surface area contributed by atoms with E-state index in [0.29, 0.717) is 12.0 Å². The van der Waals surface area contributed by atoms with Gasteiger partial charge in [0.25, 0.3) is 0 Å². The van der Waals surface area contributed by atoms with Gasteiger partial charge in [-0.25, -0.2) is 4.39 Å². The van der Waals surface area contributed by atoms with E-state index in [1.54, 1.807) is 17.8 Å². The molecule has 1 aromatic carbocycles. The first-order valence-corrected chi connectivity index (χ1v) is 7.24. The van der Waals surface area contributed by atoms with E-state index in [4.69, 9.17) is 0 Å². The fourth-order valence-electron chi connectivity index (χ4n) is 1.95. The molecule has 1 N–H and O–H groups in total. The molecule has 4 heteroatoms. The van der Waals surface area contributed by atoms with E-state index in [1.165, 1.54) is 6.07 Å². The summed E-state index contributed by atoms with van der Waals surface area (Å²) in [4.78, 5) is 0. The highest BCUT2D eigenvalue weighted by Gasteiger charge is 2.24. The zero-order valence-corrected chi connectivity index (χ0v) is 11.2. The van der Waals surface area contributed by atoms with E-state index in [9.17, 15) is 9.50 Å². The van der Waals surface area contributed by atoms with Gasteiger partial charge in [-0.1, -0.05) is 22.0 Å². The summed E-state index contributed by atoms with van der Waals surface area (Å²) < 4.78 is 14.3. The molecule has 1 fully saturated rings. The Kier molecular flexibility index (Phi) is 4.27. The zero-order valence-electron chi connectivity index (χ0n) is 8.83. The molecule has 2 rings (SSSR count). The van der Waals surface area contributed by atoms with Crippen molar-refractivity contribution in [2.45, 2.75) is 30.6 Å². The van der Waals surface area contributed by atoms with Gasteiger partial charge in [0.05, 0.1) is 6.10 Å². The molecule has 1 saturated heterocycles. The molecular formula is C12H14BrFOS. The van der Waals surface area contributed by atoms with Gasteiger partial charge in [-0.05, 0) is 36.3 Å². The number of aliphatic hydroxyl groups is 1. The van der Waals surface area contributed by atoms with E-state index < -0.39 is 6.10 Å². The number of halogens is 2. The minimum atomic E-state index is -0.428. The summed E-state index contributed by atoms with van der Waals surface area (Å²) in [7, 11) is 0. The third-order valence-electron chi connectivity index (χ3n) is 2.84. The molecule has 1 nitrogen and oxygen atoms in total. The van der Waals surface area contributed by atoms with Crippen molar-refractivity contribution >= 4 is 27.7 Å². The second-order valence-electron chi connectivity index (χ2n) is 4.06. The SMILES string of the molecule is OC(Cc1ccc(Br)cc1F)C1CCCS1. The Morgan fingerprint density at radius 2 is 2.38 bits per heavy atom. The van der Waals surface area contributed by atoms with E-state index in [-0.39, 0.29) is 11.1 Å². The lowest BCUT2D eigenvalue weighted by Gasteiger charge is -2.17. The van der Waals surface area contributed by atoms with Gasteiger partial charge < -0.3 is 5.11 Å². The Labute approximate surface area is 108 Å². The number of hydrogen-bond acceptors (Lipinski definition) is 2. The summed E-state index contributed by atoms with van der Waals surface area (Å²) in [5, 5.41) is 10.3. The van der Waals surface area contributed by atoms with Gasteiger partial charge in [0.15, 0.2) is 0 Å². The monoisotopic (exact) mass is 304 g/mol. The van der Waals surface area contributed by atoms with Gasteiger partial charge in [0, 0.05) is 16.1 Å². The molecule has 0 aromatic heterocycles. The molecule has 1 heterocycles. The maximum Gasteiger partial charge on any atom is 0.127 e. The molecule has 0 saturated carbocycles. The topological polar surface area (TPSA) is 20.2 Å². The Morgan fingerprint density at radius 3 is 3.00 bits per heavy atom. The fourth-order valence-corrected chi connectivity index (χ4v) is 3.57. The number of aliphatic hydroxyl groups excluding tert-OH is 1. The second kappa shape index (κ2) is 5.52. The van der Waals surface area contributed by atoms with E-state index in [1.807, 2.05) is 6.07 Å². The van der Waals surface area contributed by atoms with Crippen molar-refractivity contribution in [3.8, 4) is 0 Å². The van der Waals surface area contributed by atoms with Gasteiger partial charge in [-0.3, -0.25) is 0 Å². The summed E-state index contributed by atoms with van der Waals surface area (Å²) in [6, 6.07) is 5.00. The van der Waals surface area contributed by atoms with Crippen LogP contribution < -0.4 is 0 Å². The van der Waals surface area contributed by atoms with Crippen LogP contribution in [0.15, 0.2) is 22.7 Å². The third kappa shape index (κ3) is 2.99. The lowest BCUT2D eigenvalue weighted by atomic mass is 10.0. The van der Waals surface area contributed by atoms with Crippen LogP contribution in [0.2, 0.25) is 0 Å². The molecule has 1 aromatic rings. The molecule has 88 valence electrons. The van der Waals surface area contributed by atoms with Crippen LogP contribution in [-0.4, -0.2) is 22.2 Å². The maximum absolute atomic E-state index is 13.5. The average Bonchev–Trinajstić information content (AvgIpc) is 2.75. The molecule has 0 amide bonds. The summed E-state index contributed by atoms with van der Waals surface area (Å²) in [5.41, 5.74) is 0.600. The smallest absolute Gasteiger partial charge is 0.127 e. The highest BCUT2D eigenvalue weighted by atomic mass is 79.9. The van der Waals surface area contributed by atoms with Crippen molar-refractivity contribution in [1.29, 1.82) is 0 Å². The Bertz CT molecular complexity index is 366. The predicted molar refractivity (Wildman–Crippen MR) is 69.3 cm³/mol. The average molecular weight is 305 g/mol. The van der Waals surface area contributed by atoms with Crippen molar-refractivity contribution in [1.82, 2.24) is 0 Å². The van der Waals surface area contributed by atoms with Crippen molar-refractivity contribution in [3.63, 3.8) is 0 Å². The molecule has 1 aliphatic rings. The Morgan fingerprint density at radius 1 is 1.56 bits per heavy atom. The van der Waals surface area contributed by atoms with Gasteiger partial charge in [0.1, 0.15) is 5.82 Å². The van der Waals surface area contributed by atoms with Crippen LogP contribution in [0, 0.1) is 5.82 Å². The number of hydrogen-bond donors (Lipinski definition) is 1. The summed E-state index contributed by atoms with van der Waals surface area (Å²) in [5.74, 6) is 0.876. The van der Waals surface area contributed by atoms with Gasteiger partial charge in [-0.15, -0.1) is 0 Å². The largest absolute Gasteiger partial charge is 0.392 e. The molecule has 2 atom stereocenters. The fraction of sp³-hybridized carbons (Fsp3) is 0.500. The molecule has 0 bridgehead atoms. The minimum absolute atomic E-state index is 0.239. The quantitative estimate of drug-likeness (QED) is 0.924.